The first-order valence-corrected chi connectivity index (χ1v) is 5.18. The molecule has 0 unspecified atom stereocenters. The van der Waals surface area contributed by atoms with Crippen LogP contribution < -0.4 is 0 Å². The van der Waals surface area contributed by atoms with Gasteiger partial charge in [0.05, 0.1) is 6.26 Å². The van der Waals surface area contributed by atoms with Gasteiger partial charge in [-0.15, -0.1) is 5.10 Å². The zero-order chi connectivity index (χ0) is 10.3. The molecule has 3 aromatic rings. The van der Waals surface area contributed by atoms with Crippen LogP contribution in [0, 0.1) is 0 Å². The van der Waals surface area contributed by atoms with Gasteiger partial charge in [-0.25, -0.2) is 9.50 Å². The average Bonchev–Trinajstić information content (AvgIpc) is 2.84. The van der Waals surface area contributed by atoms with Crippen LogP contribution in [0.4, 0.5) is 0 Å². The van der Waals surface area contributed by atoms with E-state index in [9.17, 15) is 0 Å². The second-order valence-corrected chi connectivity index (χ2v) is 3.98. The van der Waals surface area contributed by atoms with Crippen molar-refractivity contribution in [3.05, 3.63) is 41.2 Å². The molecule has 4 nitrogen and oxygen atoms in total. The van der Waals surface area contributed by atoms with E-state index < -0.39 is 0 Å². The molecular formula is C10H6BrN3O. The first-order valence-electron chi connectivity index (χ1n) is 4.39. The number of furan rings is 1. The second kappa shape index (κ2) is 3.20. The predicted molar refractivity (Wildman–Crippen MR) is 58.4 cm³/mol. The van der Waals surface area contributed by atoms with Gasteiger partial charge < -0.3 is 4.42 Å². The van der Waals surface area contributed by atoms with E-state index in [-0.39, 0.29) is 0 Å². The number of halogens is 1. The van der Waals surface area contributed by atoms with Crippen molar-refractivity contribution in [2.45, 2.75) is 0 Å². The van der Waals surface area contributed by atoms with E-state index in [1.807, 2.05) is 30.5 Å². The van der Waals surface area contributed by atoms with Crippen LogP contribution in [0.25, 0.3) is 17.2 Å². The van der Waals surface area contributed by atoms with Crippen molar-refractivity contribution in [2.24, 2.45) is 0 Å². The van der Waals surface area contributed by atoms with E-state index in [0.717, 1.165) is 10.1 Å². The minimum absolute atomic E-state index is 0.595. The number of hydrogen-bond acceptors (Lipinski definition) is 3. The maximum Gasteiger partial charge on any atom is 0.217 e. The molecule has 0 saturated heterocycles. The molecule has 0 radical (unpaired) electrons. The molecule has 0 saturated carbocycles. The minimum Gasteiger partial charge on any atom is -0.461 e. The van der Waals surface area contributed by atoms with E-state index in [0.29, 0.717) is 11.6 Å². The molecule has 0 spiro atoms. The maximum absolute atomic E-state index is 5.23. The fourth-order valence-corrected chi connectivity index (χ4v) is 1.69. The van der Waals surface area contributed by atoms with E-state index in [2.05, 4.69) is 26.0 Å². The van der Waals surface area contributed by atoms with Crippen molar-refractivity contribution in [3.63, 3.8) is 0 Å². The third kappa shape index (κ3) is 1.45. The first kappa shape index (κ1) is 8.67. The average molecular weight is 264 g/mol. The highest BCUT2D eigenvalue weighted by molar-refractivity contribution is 9.10. The quantitative estimate of drug-likeness (QED) is 0.678. The fraction of sp³-hybridized carbons (Fsp3) is 0. The Kier molecular flexibility index (Phi) is 1.85. The lowest BCUT2D eigenvalue weighted by molar-refractivity contribution is 0.577. The largest absolute Gasteiger partial charge is 0.461 e. The van der Waals surface area contributed by atoms with Crippen LogP contribution in [0.5, 0.6) is 0 Å². The van der Waals surface area contributed by atoms with Crippen LogP contribution in [-0.2, 0) is 0 Å². The maximum atomic E-state index is 5.23. The van der Waals surface area contributed by atoms with E-state index in [4.69, 9.17) is 4.42 Å². The highest BCUT2D eigenvalue weighted by atomic mass is 79.9. The molecule has 0 bridgehead atoms. The van der Waals surface area contributed by atoms with Gasteiger partial charge in [-0.2, -0.15) is 0 Å². The molecule has 0 N–H and O–H groups in total. The molecule has 5 heteroatoms. The summed E-state index contributed by atoms with van der Waals surface area (Å²) in [4.78, 5) is 4.34. The van der Waals surface area contributed by atoms with Gasteiger partial charge in [0.1, 0.15) is 0 Å². The number of pyridine rings is 1. The van der Waals surface area contributed by atoms with E-state index >= 15 is 0 Å². The molecule has 0 aliphatic heterocycles. The SMILES string of the molecule is Brc1ccn2nc(-c3ccco3)nc2c1. The molecule has 15 heavy (non-hydrogen) atoms. The zero-order valence-electron chi connectivity index (χ0n) is 7.59. The van der Waals surface area contributed by atoms with Gasteiger partial charge >= 0.3 is 0 Å². The molecule has 0 aromatic carbocycles. The van der Waals surface area contributed by atoms with Crippen molar-refractivity contribution >= 4 is 21.6 Å². The lowest BCUT2D eigenvalue weighted by Crippen LogP contribution is -1.85. The number of nitrogens with zero attached hydrogens (tertiary/aromatic N) is 3. The third-order valence-corrected chi connectivity index (χ3v) is 2.53. The highest BCUT2D eigenvalue weighted by Crippen LogP contribution is 2.18. The second-order valence-electron chi connectivity index (χ2n) is 3.06. The van der Waals surface area contributed by atoms with E-state index in [1.165, 1.54) is 0 Å². The van der Waals surface area contributed by atoms with Crippen molar-refractivity contribution < 1.29 is 4.42 Å². The summed E-state index contributed by atoms with van der Waals surface area (Å²) in [6.45, 7) is 0. The monoisotopic (exact) mass is 263 g/mol. The Bertz CT molecular complexity index is 600. The first-order chi connectivity index (χ1) is 7.33. The van der Waals surface area contributed by atoms with Gasteiger partial charge in [0.15, 0.2) is 11.4 Å². The Labute approximate surface area is 93.7 Å². The van der Waals surface area contributed by atoms with Crippen molar-refractivity contribution in [1.29, 1.82) is 0 Å². The van der Waals surface area contributed by atoms with Crippen molar-refractivity contribution in [1.82, 2.24) is 14.6 Å². The van der Waals surface area contributed by atoms with Crippen LogP contribution >= 0.6 is 15.9 Å². The van der Waals surface area contributed by atoms with Gasteiger partial charge in [0.25, 0.3) is 0 Å². The standard InChI is InChI=1S/C10H6BrN3O/c11-7-3-4-14-9(6-7)12-10(13-14)8-2-1-5-15-8/h1-6H. The lowest BCUT2D eigenvalue weighted by atomic mass is 10.4. The summed E-state index contributed by atoms with van der Waals surface area (Å²) in [5.41, 5.74) is 0.788. The van der Waals surface area contributed by atoms with Crippen LogP contribution in [0.15, 0.2) is 45.6 Å². The molecular weight excluding hydrogens is 258 g/mol. The van der Waals surface area contributed by atoms with Crippen LogP contribution in [0.3, 0.4) is 0 Å². The molecule has 0 aliphatic rings. The number of hydrogen-bond donors (Lipinski definition) is 0. The Morgan fingerprint density at radius 2 is 2.27 bits per heavy atom. The molecule has 3 heterocycles. The summed E-state index contributed by atoms with van der Waals surface area (Å²) in [5.74, 6) is 1.27. The number of aromatic nitrogens is 3. The summed E-state index contributed by atoms with van der Waals surface area (Å²) in [6, 6.07) is 7.47. The Morgan fingerprint density at radius 1 is 1.33 bits per heavy atom. The molecule has 0 atom stereocenters. The lowest BCUT2D eigenvalue weighted by Gasteiger charge is -1.89. The van der Waals surface area contributed by atoms with Crippen LogP contribution in [0.1, 0.15) is 0 Å². The van der Waals surface area contributed by atoms with Gasteiger partial charge in [-0.1, -0.05) is 15.9 Å². The molecule has 0 fully saturated rings. The molecule has 3 aromatic heterocycles. The Hall–Kier alpha value is -1.62. The number of rotatable bonds is 1. The summed E-state index contributed by atoms with van der Waals surface area (Å²) >= 11 is 3.39. The third-order valence-electron chi connectivity index (χ3n) is 2.04. The van der Waals surface area contributed by atoms with Crippen LogP contribution in [-0.4, -0.2) is 14.6 Å². The van der Waals surface area contributed by atoms with Crippen LogP contribution in [0.2, 0.25) is 0 Å². The van der Waals surface area contributed by atoms with E-state index in [1.54, 1.807) is 10.8 Å². The van der Waals surface area contributed by atoms with Gasteiger partial charge in [0, 0.05) is 10.7 Å². The van der Waals surface area contributed by atoms with Gasteiger partial charge in [-0.3, -0.25) is 0 Å². The molecule has 3 rings (SSSR count). The Morgan fingerprint density at radius 3 is 3.07 bits per heavy atom. The van der Waals surface area contributed by atoms with Gasteiger partial charge in [0.2, 0.25) is 5.82 Å². The predicted octanol–water partition coefficient (Wildman–Crippen LogP) is 2.75. The fourth-order valence-electron chi connectivity index (χ4n) is 1.37. The molecule has 0 amide bonds. The summed E-state index contributed by atoms with van der Waals surface area (Å²) in [6.07, 6.45) is 3.45. The smallest absolute Gasteiger partial charge is 0.217 e. The minimum atomic E-state index is 0.595. The normalized spacial score (nSPS) is 11.0. The summed E-state index contributed by atoms with van der Waals surface area (Å²) in [7, 11) is 0. The zero-order valence-corrected chi connectivity index (χ0v) is 9.18. The highest BCUT2D eigenvalue weighted by Gasteiger charge is 2.08. The number of fused-ring (bicyclic) bond motifs is 1. The van der Waals surface area contributed by atoms with Crippen molar-refractivity contribution in [2.75, 3.05) is 0 Å². The molecule has 0 aliphatic carbocycles. The Balaban J connectivity index is 2.22. The van der Waals surface area contributed by atoms with Crippen molar-refractivity contribution in [3.8, 4) is 11.6 Å². The molecule has 74 valence electrons. The van der Waals surface area contributed by atoms with Gasteiger partial charge in [-0.05, 0) is 24.3 Å². The summed E-state index contributed by atoms with van der Waals surface area (Å²) < 4.78 is 7.92. The topological polar surface area (TPSA) is 43.3 Å². The summed E-state index contributed by atoms with van der Waals surface area (Å²) in [5, 5.41) is 4.29.